The van der Waals surface area contributed by atoms with E-state index in [-0.39, 0.29) is 5.92 Å². The number of sulfone groups is 1. The summed E-state index contributed by atoms with van der Waals surface area (Å²) in [7, 11) is -3.29. The standard InChI is InChI=1S/C30H34N2O3S/c1-36(33,34)26-18-24-14-17-35-30(24)25(19-26)20-31-28-23-12-15-32(16-13-23)29(28)27(21-8-4-2-5-9-21)22-10-6-3-7-11-22/h2-11,18-19,23,27-29,31H,12-17,20H2,1H3/t28-,29-/m0/s1. The van der Waals surface area contributed by atoms with Crippen LogP contribution in [-0.2, 0) is 22.8 Å². The number of ether oxygens (including phenoxy) is 1. The first kappa shape index (κ1) is 23.7. The summed E-state index contributed by atoms with van der Waals surface area (Å²) in [4.78, 5) is 3.07. The van der Waals surface area contributed by atoms with Gasteiger partial charge in [-0.3, -0.25) is 4.90 Å². The monoisotopic (exact) mass is 502 g/mol. The Morgan fingerprint density at radius 1 is 0.972 bits per heavy atom. The summed E-state index contributed by atoms with van der Waals surface area (Å²) in [6.07, 6.45) is 4.44. The molecular weight excluding hydrogens is 468 g/mol. The summed E-state index contributed by atoms with van der Waals surface area (Å²) in [6, 6.07) is 26.0. The third-order valence-electron chi connectivity index (χ3n) is 8.32. The van der Waals surface area contributed by atoms with Gasteiger partial charge >= 0.3 is 0 Å². The van der Waals surface area contributed by atoms with Gasteiger partial charge in [0.25, 0.3) is 0 Å². The lowest BCUT2D eigenvalue weighted by atomic mass is 9.70. The van der Waals surface area contributed by atoms with E-state index in [1.807, 2.05) is 6.07 Å². The second-order valence-corrected chi connectivity index (χ2v) is 12.5. The molecule has 0 spiro atoms. The molecule has 2 atom stereocenters. The van der Waals surface area contributed by atoms with E-state index >= 15 is 0 Å². The van der Waals surface area contributed by atoms with E-state index in [2.05, 4.69) is 70.9 Å². The fourth-order valence-corrected chi connectivity index (χ4v) is 7.34. The molecule has 3 aromatic carbocycles. The normalized spacial score (nSPS) is 25.1. The molecule has 0 aromatic heterocycles. The second kappa shape index (κ2) is 9.66. The summed E-state index contributed by atoms with van der Waals surface area (Å²) in [5.41, 5.74) is 4.65. The van der Waals surface area contributed by atoms with Gasteiger partial charge in [0.15, 0.2) is 9.84 Å². The van der Waals surface area contributed by atoms with Crippen molar-refractivity contribution in [3.05, 3.63) is 95.1 Å². The number of fused-ring (bicyclic) bond motifs is 4. The van der Waals surface area contributed by atoms with Crippen molar-refractivity contribution in [2.24, 2.45) is 5.92 Å². The van der Waals surface area contributed by atoms with Crippen LogP contribution in [0.2, 0.25) is 0 Å². The van der Waals surface area contributed by atoms with Crippen LogP contribution in [0.25, 0.3) is 0 Å². The number of hydrogen-bond acceptors (Lipinski definition) is 5. The van der Waals surface area contributed by atoms with Crippen molar-refractivity contribution in [2.45, 2.75) is 48.7 Å². The van der Waals surface area contributed by atoms with Gasteiger partial charge in [-0.1, -0.05) is 60.7 Å². The van der Waals surface area contributed by atoms with Crippen LogP contribution in [0.15, 0.2) is 77.7 Å². The molecule has 2 bridgehead atoms. The van der Waals surface area contributed by atoms with Crippen LogP contribution in [0.5, 0.6) is 5.75 Å². The average molecular weight is 503 g/mol. The number of nitrogens with zero attached hydrogens (tertiary/aromatic N) is 1. The third kappa shape index (κ3) is 4.47. The highest BCUT2D eigenvalue weighted by Crippen LogP contribution is 2.42. The van der Waals surface area contributed by atoms with Gasteiger partial charge in [-0.2, -0.15) is 0 Å². The highest BCUT2D eigenvalue weighted by Gasteiger charge is 2.46. The third-order valence-corrected chi connectivity index (χ3v) is 9.41. The minimum absolute atomic E-state index is 0.261. The van der Waals surface area contributed by atoms with Crippen molar-refractivity contribution >= 4 is 9.84 Å². The Kier molecular flexibility index (Phi) is 6.36. The van der Waals surface area contributed by atoms with Gasteiger partial charge < -0.3 is 10.1 Å². The van der Waals surface area contributed by atoms with Gasteiger partial charge in [0.1, 0.15) is 5.75 Å². The van der Waals surface area contributed by atoms with Crippen molar-refractivity contribution in [1.82, 2.24) is 10.2 Å². The van der Waals surface area contributed by atoms with Crippen LogP contribution in [0.4, 0.5) is 0 Å². The van der Waals surface area contributed by atoms with E-state index in [0.717, 1.165) is 36.4 Å². The molecule has 3 aromatic rings. The van der Waals surface area contributed by atoms with Crippen LogP contribution in [-0.4, -0.2) is 51.4 Å². The first-order valence-corrected chi connectivity index (χ1v) is 14.9. The minimum Gasteiger partial charge on any atom is -0.493 e. The molecule has 0 saturated carbocycles. The molecule has 36 heavy (non-hydrogen) atoms. The molecule has 188 valence electrons. The summed E-state index contributed by atoms with van der Waals surface area (Å²) in [6.45, 7) is 3.48. The van der Waals surface area contributed by atoms with Crippen molar-refractivity contribution in [1.29, 1.82) is 0 Å². The lowest BCUT2D eigenvalue weighted by Crippen LogP contribution is -2.64. The van der Waals surface area contributed by atoms with Gasteiger partial charge in [0.05, 0.1) is 11.5 Å². The summed E-state index contributed by atoms with van der Waals surface area (Å²) in [5, 5.41) is 3.93. The fourth-order valence-electron chi connectivity index (χ4n) is 6.63. The van der Waals surface area contributed by atoms with E-state index < -0.39 is 9.84 Å². The van der Waals surface area contributed by atoms with E-state index in [9.17, 15) is 8.42 Å². The zero-order valence-electron chi connectivity index (χ0n) is 20.8. The van der Waals surface area contributed by atoms with Crippen LogP contribution in [0, 0.1) is 5.92 Å². The zero-order valence-corrected chi connectivity index (χ0v) is 21.6. The topological polar surface area (TPSA) is 58.6 Å². The van der Waals surface area contributed by atoms with E-state index in [1.54, 1.807) is 6.07 Å². The molecule has 7 rings (SSSR count). The van der Waals surface area contributed by atoms with Crippen molar-refractivity contribution in [2.75, 3.05) is 26.0 Å². The molecule has 0 unspecified atom stereocenters. The number of nitrogens with one attached hydrogen (secondary N) is 1. The molecule has 1 N–H and O–H groups in total. The molecule has 4 aliphatic heterocycles. The number of benzene rings is 3. The predicted octanol–water partition coefficient (Wildman–Crippen LogP) is 4.41. The fraction of sp³-hybridized carbons (Fsp3) is 0.400. The van der Waals surface area contributed by atoms with E-state index in [4.69, 9.17) is 4.74 Å². The Labute approximate surface area is 214 Å². The van der Waals surface area contributed by atoms with Gasteiger partial charge in [-0.05, 0) is 60.7 Å². The largest absolute Gasteiger partial charge is 0.493 e. The Balaban J connectivity index is 1.36. The maximum absolute atomic E-state index is 12.4. The average Bonchev–Trinajstić information content (AvgIpc) is 3.38. The lowest BCUT2D eigenvalue weighted by Gasteiger charge is -2.54. The van der Waals surface area contributed by atoms with Gasteiger partial charge in [-0.25, -0.2) is 8.42 Å². The van der Waals surface area contributed by atoms with E-state index in [0.29, 0.717) is 36.0 Å². The van der Waals surface area contributed by atoms with Crippen LogP contribution >= 0.6 is 0 Å². The first-order valence-electron chi connectivity index (χ1n) is 13.0. The SMILES string of the molecule is CS(=O)(=O)c1cc2c(c(CN[C@H]3C4CCN(CC4)[C@H]3C(c3ccccc3)c3ccccc3)c1)OCC2. The van der Waals surface area contributed by atoms with E-state index in [1.165, 1.54) is 30.2 Å². The molecule has 4 aliphatic rings. The van der Waals surface area contributed by atoms with Gasteiger partial charge in [0, 0.05) is 42.8 Å². The van der Waals surface area contributed by atoms with Crippen molar-refractivity contribution < 1.29 is 13.2 Å². The quantitative estimate of drug-likeness (QED) is 0.519. The molecule has 0 amide bonds. The molecule has 3 fully saturated rings. The molecule has 6 heteroatoms. The zero-order chi connectivity index (χ0) is 24.7. The maximum Gasteiger partial charge on any atom is 0.175 e. The molecule has 4 heterocycles. The summed E-state index contributed by atoms with van der Waals surface area (Å²) < 4.78 is 30.7. The summed E-state index contributed by atoms with van der Waals surface area (Å²) in [5.74, 6) is 1.73. The molecule has 5 nitrogen and oxygen atoms in total. The van der Waals surface area contributed by atoms with Gasteiger partial charge in [-0.15, -0.1) is 0 Å². The molecule has 0 radical (unpaired) electrons. The molecular formula is C30H34N2O3S. The molecule has 3 saturated heterocycles. The number of rotatable bonds is 7. The Hall–Kier alpha value is -2.67. The Bertz CT molecular complexity index is 1280. The predicted molar refractivity (Wildman–Crippen MR) is 142 cm³/mol. The second-order valence-electron chi connectivity index (χ2n) is 10.5. The highest BCUT2D eigenvalue weighted by molar-refractivity contribution is 7.90. The Morgan fingerprint density at radius 2 is 1.61 bits per heavy atom. The van der Waals surface area contributed by atoms with Crippen LogP contribution in [0.3, 0.4) is 0 Å². The van der Waals surface area contributed by atoms with Crippen LogP contribution in [0.1, 0.15) is 41.0 Å². The summed E-state index contributed by atoms with van der Waals surface area (Å²) >= 11 is 0. The minimum atomic E-state index is -3.29. The number of hydrogen-bond donors (Lipinski definition) is 1. The van der Waals surface area contributed by atoms with Crippen LogP contribution < -0.4 is 10.1 Å². The molecule has 0 aliphatic carbocycles. The number of piperidine rings is 3. The smallest absolute Gasteiger partial charge is 0.175 e. The Morgan fingerprint density at radius 3 is 2.22 bits per heavy atom. The van der Waals surface area contributed by atoms with Crippen molar-refractivity contribution in [3.8, 4) is 5.75 Å². The van der Waals surface area contributed by atoms with Gasteiger partial charge in [0.2, 0.25) is 0 Å². The maximum atomic E-state index is 12.4. The highest BCUT2D eigenvalue weighted by atomic mass is 32.2. The first-order chi connectivity index (χ1) is 17.5. The van der Waals surface area contributed by atoms with Crippen molar-refractivity contribution in [3.63, 3.8) is 0 Å². The lowest BCUT2D eigenvalue weighted by molar-refractivity contribution is 0.00461.